The number of carbonyl (C=O) groups is 1. The van der Waals surface area contributed by atoms with Crippen molar-refractivity contribution in [1.29, 1.82) is 0 Å². The minimum atomic E-state index is -0.606. The number of nitrogen functional groups attached to an aromatic ring is 1. The van der Waals surface area contributed by atoms with Gasteiger partial charge in [0.2, 0.25) is 5.91 Å². The van der Waals surface area contributed by atoms with Crippen molar-refractivity contribution < 1.29 is 9.90 Å². The fourth-order valence-corrected chi connectivity index (χ4v) is 3.02. The van der Waals surface area contributed by atoms with Crippen LogP contribution in [0, 0.1) is 0 Å². The molecule has 1 aromatic rings. The van der Waals surface area contributed by atoms with Crippen molar-refractivity contribution >= 4 is 11.6 Å². The Balaban J connectivity index is 2.24. The van der Waals surface area contributed by atoms with Crippen molar-refractivity contribution in [2.45, 2.75) is 51.0 Å². The van der Waals surface area contributed by atoms with Gasteiger partial charge in [-0.3, -0.25) is 4.79 Å². The predicted molar refractivity (Wildman–Crippen MR) is 84.9 cm³/mol. The first-order chi connectivity index (χ1) is 9.96. The Bertz CT molecular complexity index is 482. The first-order valence-corrected chi connectivity index (χ1v) is 7.74. The highest BCUT2D eigenvalue weighted by atomic mass is 16.3. The molecule has 0 bridgehead atoms. The average Bonchev–Trinajstić information content (AvgIpc) is 2.71. The minimum absolute atomic E-state index is 0.0452. The first-order valence-electron chi connectivity index (χ1n) is 7.74. The summed E-state index contributed by atoms with van der Waals surface area (Å²) in [6, 6.07) is 7.44. The maximum Gasteiger partial charge on any atom is 0.232 e. The fraction of sp³-hybridized carbons (Fsp3) is 0.588. The SMILES string of the molecule is CC(C)(C(=O)N1CCCCCC1CO)c1ccc(N)cc1. The highest BCUT2D eigenvalue weighted by molar-refractivity contribution is 5.87. The predicted octanol–water partition coefficient (Wildman–Crippen LogP) is 2.31. The molecule has 4 heteroatoms. The van der Waals surface area contributed by atoms with Gasteiger partial charge in [0.1, 0.15) is 0 Å². The van der Waals surface area contributed by atoms with E-state index in [0.29, 0.717) is 5.69 Å². The molecule has 1 aliphatic heterocycles. The molecule has 0 aromatic heterocycles. The molecule has 116 valence electrons. The third-order valence-corrected chi connectivity index (χ3v) is 4.52. The summed E-state index contributed by atoms with van der Waals surface area (Å²) in [5, 5.41) is 9.60. The summed E-state index contributed by atoms with van der Waals surface area (Å²) in [6.45, 7) is 4.67. The van der Waals surface area contributed by atoms with Crippen molar-refractivity contribution in [3.8, 4) is 0 Å². The van der Waals surface area contributed by atoms with Crippen LogP contribution in [0.3, 0.4) is 0 Å². The molecule has 1 aromatic carbocycles. The third-order valence-electron chi connectivity index (χ3n) is 4.52. The zero-order chi connectivity index (χ0) is 15.5. The molecule has 0 radical (unpaired) electrons. The zero-order valence-electron chi connectivity index (χ0n) is 13.0. The van der Waals surface area contributed by atoms with E-state index in [1.807, 2.05) is 43.0 Å². The number of anilines is 1. The van der Waals surface area contributed by atoms with Crippen LogP contribution < -0.4 is 5.73 Å². The highest BCUT2D eigenvalue weighted by Crippen LogP contribution is 2.29. The van der Waals surface area contributed by atoms with Crippen molar-refractivity contribution in [3.05, 3.63) is 29.8 Å². The lowest BCUT2D eigenvalue weighted by molar-refractivity contribution is -0.139. The molecule has 1 atom stereocenters. The second kappa shape index (κ2) is 6.48. The lowest BCUT2D eigenvalue weighted by Gasteiger charge is -2.36. The second-order valence-corrected chi connectivity index (χ2v) is 6.43. The monoisotopic (exact) mass is 290 g/mol. The number of hydrogen-bond acceptors (Lipinski definition) is 3. The largest absolute Gasteiger partial charge is 0.399 e. The van der Waals surface area contributed by atoms with Crippen molar-refractivity contribution in [2.24, 2.45) is 0 Å². The van der Waals surface area contributed by atoms with Crippen LogP contribution in [0.15, 0.2) is 24.3 Å². The van der Waals surface area contributed by atoms with Gasteiger partial charge in [-0.2, -0.15) is 0 Å². The molecule has 1 fully saturated rings. The zero-order valence-corrected chi connectivity index (χ0v) is 13.0. The van der Waals surface area contributed by atoms with E-state index in [1.54, 1.807) is 0 Å². The van der Waals surface area contributed by atoms with Gasteiger partial charge in [0.15, 0.2) is 0 Å². The van der Waals surface area contributed by atoms with Crippen LogP contribution in [0.5, 0.6) is 0 Å². The quantitative estimate of drug-likeness (QED) is 0.840. The summed E-state index contributed by atoms with van der Waals surface area (Å²) < 4.78 is 0. The molecular formula is C17H26N2O2. The molecule has 1 aliphatic rings. The van der Waals surface area contributed by atoms with E-state index < -0.39 is 5.41 Å². The molecule has 0 aliphatic carbocycles. The number of benzene rings is 1. The van der Waals surface area contributed by atoms with Gasteiger partial charge in [-0.15, -0.1) is 0 Å². The fourth-order valence-electron chi connectivity index (χ4n) is 3.02. The molecule has 2 rings (SSSR count). The topological polar surface area (TPSA) is 66.6 Å². The number of nitrogens with two attached hydrogens (primary N) is 1. The van der Waals surface area contributed by atoms with Gasteiger partial charge >= 0.3 is 0 Å². The first kappa shape index (κ1) is 15.8. The number of nitrogens with zero attached hydrogens (tertiary/aromatic N) is 1. The van der Waals surface area contributed by atoms with Crippen LogP contribution in [0.4, 0.5) is 5.69 Å². The maximum atomic E-state index is 13.0. The lowest BCUT2D eigenvalue weighted by atomic mass is 9.82. The molecule has 4 nitrogen and oxygen atoms in total. The van der Waals surface area contributed by atoms with Crippen LogP contribution in [0.25, 0.3) is 0 Å². The number of likely N-dealkylation sites (tertiary alicyclic amines) is 1. The number of rotatable bonds is 3. The molecule has 1 heterocycles. The van der Waals surface area contributed by atoms with Crippen molar-refractivity contribution in [2.75, 3.05) is 18.9 Å². The molecule has 1 amide bonds. The summed E-state index contributed by atoms with van der Waals surface area (Å²) in [7, 11) is 0. The van der Waals surface area contributed by atoms with E-state index in [1.165, 1.54) is 0 Å². The van der Waals surface area contributed by atoms with E-state index in [2.05, 4.69) is 0 Å². The van der Waals surface area contributed by atoms with Crippen LogP contribution in [-0.2, 0) is 10.2 Å². The van der Waals surface area contributed by atoms with Crippen LogP contribution in [-0.4, -0.2) is 35.1 Å². The molecule has 21 heavy (non-hydrogen) atoms. The van der Waals surface area contributed by atoms with Gasteiger partial charge < -0.3 is 15.7 Å². The van der Waals surface area contributed by atoms with Gasteiger partial charge in [-0.05, 0) is 44.4 Å². The highest BCUT2D eigenvalue weighted by Gasteiger charge is 2.36. The van der Waals surface area contributed by atoms with Crippen molar-refractivity contribution in [1.82, 2.24) is 4.90 Å². The summed E-state index contributed by atoms with van der Waals surface area (Å²) in [5.74, 6) is 0.0909. The smallest absolute Gasteiger partial charge is 0.232 e. The van der Waals surface area contributed by atoms with Gasteiger partial charge in [-0.1, -0.05) is 25.0 Å². The van der Waals surface area contributed by atoms with E-state index in [4.69, 9.17) is 5.73 Å². The molecular weight excluding hydrogens is 264 g/mol. The molecule has 1 unspecified atom stereocenters. The Morgan fingerprint density at radius 1 is 1.29 bits per heavy atom. The summed E-state index contributed by atoms with van der Waals surface area (Å²) in [6.07, 6.45) is 4.11. The Morgan fingerprint density at radius 2 is 1.95 bits per heavy atom. The number of hydrogen-bond donors (Lipinski definition) is 2. The average molecular weight is 290 g/mol. The number of carbonyl (C=O) groups excluding carboxylic acids is 1. The Morgan fingerprint density at radius 3 is 2.57 bits per heavy atom. The van der Waals surface area contributed by atoms with Gasteiger partial charge in [0.05, 0.1) is 18.1 Å². The summed E-state index contributed by atoms with van der Waals surface area (Å²) >= 11 is 0. The van der Waals surface area contributed by atoms with E-state index in [0.717, 1.165) is 37.8 Å². The maximum absolute atomic E-state index is 13.0. The van der Waals surface area contributed by atoms with Gasteiger partial charge in [0, 0.05) is 12.2 Å². The van der Waals surface area contributed by atoms with Gasteiger partial charge in [-0.25, -0.2) is 0 Å². The normalized spacial score (nSPS) is 20.1. The van der Waals surface area contributed by atoms with E-state index in [-0.39, 0.29) is 18.6 Å². The Hall–Kier alpha value is -1.55. The standard InChI is InChI=1S/C17H26N2O2/c1-17(2,13-7-9-14(18)10-8-13)16(21)19-11-5-3-4-6-15(19)12-20/h7-10,15,20H,3-6,11-12,18H2,1-2H3. The number of aliphatic hydroxyl groups excluding tert-OH is 1. The summed E-state index contributed by atoms with van der Waals surface area (Å²) in [5.41, 5.74) is 6.78. The number of amides is 1. The number of aliphatic hydroxyl groups is 1. The van der Waals surface area contributed by atoms with Gasteiger partial charge in [0.25, 0.3) is 0 Å². The van der Waals surface area contributed by atoms with Crippen LogP contribution in [0.2, 0.25) is 0 Å². The molecule has 0 spiro atoms. The van der Waals surface area contributed by atoms with E-state index >= 15 is 0 Å². The Kier molecular flexibility index (Phi) is 4.88. The van der Waals surface area contributed by atoms with Crippen LogP contribution in [0.1, 0.15) is 45.1 Å². The lowest BCUT2D eigenvalue weighted by Crippen LogP contribution is -2.49. The molecule has 1 saturated heterocycles. The summed E-state index contributed by atoms with van der Waals surface area (Å²) in [4.78, 5) is 14.9. The van der Waals surface area contributed by atoms with Crippen molar-refractivity contribution in [3.63, 3.8) is 0 Å². The van der Waals surface area contributed by atoms with E-state index in [9.17, 15) is 9.90 Å². The Labute approximate surface area is 126 Å². The molecule has 3 N–H and O–H groups in total. The third kappa shape index (κ3) is 3.38. The molecule has 0 saturated carbocycles. The second-order valence-electron chi connectivity index (χ2n) is 6.43. The van der Waals surface area contributed by atoms with Crippen LogP contribution >= 0.6 is 0 Å². The minimum Gasteiger partial charge on any atom is -0.399 e.